The summed E-state index contributed by atoms with van der Waals surface area (Å²) in [6.07, 6.45) is -4.75. The Morgan fingerprint density at radius 1 is 1.14 bits per heavy atom. The van der Waals surface area contributed by atoms with E-state index in [0.717, 1.165) is 15.8 Å². The molecule has 2 aromatic carbocycles. The average molecular weight is 482 g/mol. The van der Waals surface area contributed by atoms with Gasteiger partial charge in [-0.15, -0.1) is 0 Å². The predicted octanol–water partition coefficient (Wildman–Crippen LogP) is 4.12. The molecule has 1 aliphatic heterocycles. The molecule has 3 amide bonds. The number of halogens is 3. The fraction of sp³-hybridized carbons (Fsp3) is 0.250. The van der Waals surface area contributed by atoms with Crippen LogP contribution in [0, 0.1) is 25.2 Å². The predicted molar refractivity (Wildman–Crippen MR) is 121 cm³/mol. The molecule has 1 aromatic heterocycles. The van der Waals surface area contributed by atoms with Crippen LogP contribution in [0.4, 0.5) is 23.7 Å². The number of aromatic nitrogens is 2. The first-order valence-electron chi connectivity index (χ1n) is 10.6. The Balaban J connectivity index is 1.74. The van der Waals surface area contributed by atoms with Gasteiger partial charge in [-0.1, -0.05) is 12.1 Å². The minimum absolute atomic E-state index is 0.0231. The van der Waals surface area contributed by atoms with E-state index in [9.17, 15) is 22.8 Å². The first-order valence-corrected chi connectivity index (χ1v) is 10.6. The van der Waals surface area contributed by atoms with E-state index in [0.29, 0.717) is 16.0 Å². The third-order valence-electron chi connectivity index (χ3n) is 6.03. The Hall–Kier alpha value is -4.33. The molecule has 180 valence electrons. The molecule has 35 heavy (non-hydrogen) atoms. The van der Waals surface area contributed by atoms with Crippen molar-refractivity contribution in [2.24, 2.45) is 5.73 Å². The summed E-state index contributed by atoms with van der Waals surface area (Å²) in [6.45, 7) is 2.56. The first kappa shape index (κ1) is 23.8. The molecule has 3 aromatic rings. The third-order valence-corrected chi connectivity index (χ3v) is 6.03. The van der Waals surface area contributed by atoms with Crippen LogP contribution in [0.25, 0.3) is 11.3 Å². The van der Waals surface area contributed by atoms with Gasteiger partial charge in [0.05, 0.1) is 36.0 Å². The second kappa shape index (κ2) is 8.79. The molecule has 8 nitrogen and oxygen atoms in total. The fourth-order valence-electron chi connectivity index (χ4n) is 4.01. The summed E-state index contributed by atoms with van der Waals surface area (Å²) in [6, 6.07) is 9.77. The molecular formula is C24H21F3N6O2. The van der Waals surface area contributed by atoms with Gasteiger partial charge in [0.2, 0.25) is 0 Å². The normalized spacial score (nSPS) is 15.3. The van der Waals surface area contributed by atoms with E-state index in [2.05, 4.69) is 10.4 Å². The molecule has 0 saturated carbocycles. The number of carbonyl (C=O) groups excluding carboxylic acids is 2. The molecular weight excluding hydrogens is 461 g/mol. The summed E-state index contributed by atoms with van der Waals surface area (Å²) in [7, 11) is 0. The second-order valence-corrected chi connectivity index (χ2v) is 8.32. The third kappa shape index (κ3) is 4.55. The van der Waals surface area contributed by atoms with Crippen molar-refractivity contribution < 1.29 is 22.8 Å². The zero-order valence-corrected chi connectivity index (χ0v) is 18.8. The molecule has 0 fully saturated rings. The molecule has 0 spiro atoms. The number of carbonyl (C=O) groups is 2. The standard InChI is InChI=1S/C24H21F3N6O2/c1-13-3-6-16(9-14(13)2)21-20(22(29)34)18-11-32(19(24(25,26)27)12-33(18)31-21)23(35)30-17-7-4-15(10-28)5-8-17/h3-9,19H,11-12H2,1-2H3,(H2,29,34)(H,30,35). The number of urea groups is 1. The summed E-state index contributed by atoms with van der Waals surface area (Å²) < 4.78 is 43.0. The SMILES string of the molecule is Cc1ccc(-c2nn3c(c2C(N)=O)CN(C(=O)Nc2ccc(C#N)cc2)C(C(F)(F)F)C3)cc1C. The Morgan fingerprint density at radius 2 is 1.83 bits per heavy atom. The lowest BCUT2D eigenvalue weighted by Gasteiger charge is -2.37. The number of nitrogens with one attached hydrogen (secondary N) is 1. The van der Waals surface area contributed by atoms with Crippen LogP contribution in [0.1, 0.15) is 32.7 Å². The highest BCUT2D eigenvalue weighted by atomic mass is 19.4. The minimum atomic E-state index is -4.75. The number of rotatable bonds is 3. The van der Waals surface area contributed by atoms with Crippen molar-refractivity contribution in [2.75, 3.05) is 5.32 Å². The minimum Gasteiger partial charge on any atom is -0.365 e. The lowest BCUT2D eigenvalue weighted by atomic mass is 10.00. The zero-order valence-electron chi connectivity index (χ0n) is 18.8. The Morgan fingerprint density at radius 3 is 2.40 bits per heavy atom. The van der Waals surface area contributed by atoms with Crippen LogP contribution in [-0.4, -0.2) is 38.8 Å². The van der Waals surface area contributed by atoms with Gasteiger partial charge in [-0.25, -0.2) is 4.79 Å². The van der Waals surface area contributed by atoms with Crippen LogP contribution < -0.4 is 11.1 Å². The average Bonchev–Trinajstić information content (AvgIpc) is 3.19. The lowest BCUT2D eigenvalue weighted by molar-refractivity contribution is -0.184. The smallest absolute Gasteiger partial charge is 0.365 e. The van der Waals surface area contributed by atoms with Crippen LogP contribution in [0.5, 0.6) is 0 Å². The van der Waals surface area contributed by atoms with Gasteiger partial charge < -0.3 is 16.0 Å². The van der Waals surface area contributed by atoms with E-state index in [1.807, 2.05) is 26.0 Å². The number of fused-ring (bicyclic) bond motifs is 1. The molecule has 1 aliphatic rings. The summed E-state index contributed by atoms with van der Waals surface area (Å²) in [4.78, 5) is 25.9. The van der Waals surface area contributed by atoms with Crippen molar-refractivity contribution in [3.8, 4) is 17.3 Å². The molecule has 11 heteroatoms. The summed E-state index contributed by atoms with van der Waals surface area (Å²) in [5.74, 6) is -0.850. The van der Waals surface area contributed by atoms with E-state index in [1.54, 1.807) is 12.1 Å². The van der Waals surface area contributed by atoms with Gasteiger partial charge in [-0.3, -0.25) is 9.48 Å². The van der Waals surface area contributed by atoms with Crippen molar-refractivity contribution >= 4 is 17.6 Å². The van der Waals surface area contributed by atoms with Crippen LogP contribution in [0.2, 0.25) is 0 Å². The number of amides is 3. The number of hydrogen-bond donors (Lipinski definition) is 2. The van der Waals surface area contributed by atoms with E-state index in [4.69, 9.17) is 11.0 Å². The number of benzene rings is 2. The highest BCUT2D eigenvalue weighted by molar-refractivity contribution is 6.00. The van der Waals surface area contributed by atoms with Gasteiger partial charge in [0, 0.05) is 11.3 Å². The fourth-order valence-corrected chi connectivity index (χ4v) is 4.01. The van der Waals surface area contributed by atoms with E-state index >= 15 is 0 Å². The van der Waals surface area contributed by atoms with Crippen LogP contribution in [-0.2, 0) is 13.1 Å². The van der Waals surface area contributed by atoms with Gasteiger partial charge in [-0.2, -0.15) is 23.5 Å². The lowest BCUT2D eigenvalue weighted by Crippen LogP contribution is -2.55. The summed E-state index contributed by atoms with van der Waals surface area (Å²) in [5, 5.41) is 15.6. The molecule has 2 heterocycles. The van der Waals surface area contributed by atoms with E-state index < -0.39 is 37.2 Å². The maximum absolute atomic E-state index is 14.0. The molecule has 1 atom stereocenters. The number of hydrogen-bond acceptors (Lipinski definition) is 4. The zero-order chi connectivity index (χ0) is 25.5. The van der Waals surface area contributed by atoms with Crippen LogP contribution in [0.3, 0.4) is 0 Å². The van der Waals surface area contributed by atoms with Gasteiger partial charge >= 0.3 is 12.2 Å². The van der Waals surface area contributed by atoms with Gasteiger partial charge in [0.25, 0.3) is 5.91 Å². The number of alkyl halides is 3. The molecule has 0 aliphatic carbocycles. The Labute approximate surface area is 198 Å². The van der Waals surface area contributed by atoms with Crippen molar-refractivity contribution in [1.29, 1.82) is 5.26 Å². The first-order chi connectivity index (χ1) is 16.5. The molecule has 0 bridgehead atoms. The highest BCUT2D eigenvalue weighted by Gasteiger charge is 2.49. The molecule has 0 radical (unpaired) electrons. The molecule has 4 rings (SSSR count). The van der Waals surface area contributed by atoms with E-state index in [1.165, 1.54) is 24.3 Å². The topological polar surface area (TPSA) is 117 Å². The maximum Gasteiger partial charge on any atom is 0.410 e. The van der Waals surface area contributed by atoms with Crippen molar-refractivity contribution in [2.45, 2.75) is 39.2 Å². The quantitative estimate of drug-likeness (QED) is 0.584. The summed E-state index contributed by atoms with van der Waals surface area (Å²) in [5.41, 5.74) is 8.92. The van der Waals surface area contributed by atoms with Crippen molar-refractivity contribution in [1.82, 2.24) is 14.7 Å². The van der Waals surface area contributed by atoms with Crippen LogP contribution >= 0.6 is 0 Å². The molecule has 0 saturated heterocycles. The summed E-state index contributed by atoms with van der Waals surface area (Å²) >= 11 is 0. The Bertz CT molecular complexity index is 1360. The van der Waals surface area contributed by atoms with Crippen molar-refractivity contribution in [3.63, 3.8) is 0 Å². The van der Waals surface area contributed by atoms with Crippen LogP contribution in [0.15, 0.2) is 42.5 Å². The van der Waals surface area contributed by atoms with Gasteiger partial charge in [-0.05, 0) is 55.3 Å². The number of nitrogens with zero attached hydrogens (tertiary/aromatic N) is 4. The monoisotopic (exact) mass is 482 g/mol. The Kier molecular flexibility index (Phi) is 5.98. The number of aryl methyl sites for hydroxylation is 2. The number of nitriles is 1. The second-order valence-electron chi connectivity index (χ2n) is 8.32. The number of nitrogens with two attached hydrogens (primary N) is 1. The largest absolute Gasteiger partial charge is 0.410 e. The maximum atomic E-state index is 14.0. The van der Waals surface area contributed by atoms with E-state index in [-0.39, 0.29) is 22.6 Å². The number of anilines is 1. The highest BCUT2D eigenvalue weighted by Crippen LogP contribution is 2.35. The van der Waals surface area contributed by atoms with Gasteiger partial charge in [0.1, 0.15) is 11.7 Å². The molecule has 3 N–H and O–H groups in total. The van der Waals surface area contributed by atoms with Crippen molar-refractivity contribution in [3.05, 3.63) is 70.4 Å². The van der Waals surface area contributed by atoms with Gasteiger partial charge in [0.15, 0.2) is 0 Å². The molecule has 1 unspecified atom stereocenters. The number of primary amides is 1.